The Bertz CT molecular complexity index is 790. The number of rotatable bonds is 4. The van der Waals surface area contributed by atoms with E-state index in [1.807, 2.05) is 32.9 Å². The van der Waals surface area contributed by atoms with Crippen LogP contribution in [0.15, 0.2) is 28.8 Å². The minimum absolute atomic E-state index is 0.126. The van der Waals surface area contributed by atoms with Gasteiger partial charge >= 0.3 is 6.09 Å². The number of benzene rings is 1. The fraction of sp³-hybridized carbons (Fsp3) is 0.571. The summed E-state index contributed by atoms with van der Waals surface area (Å²) in [6, 6.07) is 6.61. The predicted octanol–water partition coefficient (Wildman–Crippen LogP) is 4.49. The Morgan fingerprint density at radius 3 is 2.46 bits per heavy atom. The Labute approximate surface area is 165 Å². The molecule has 0 N–H and O–H groups in total. The van der Waals surface area contributed by atoms with Gasteiger partial charge in [0.25, 0.3) is 0 Å². The zero-order valence-corrected chi connectivity index (χ0v) is 16.9. The molecule has 0 radical (unpaired) electrons. The lowest BCUT2D eigenvalue weighted by Gasteiger charge is -2.36. The van der Waals surface area contributed by atoms with Gasteiger partial charge in [0.1, 0.15) is 11.4 Å². The van der Waals surface area contributed by atoms with Crippen molar-refractivity contribution in [2.45, 2.75) is 58.5 Å². The summed E-state index contributed by atoms with van der Waals surface area (Å²) in [5.74, 6) is 1.39. The van der Waals surface area contributed by atoms with Gasteiger partial charge in [-0.1, -0.05) is 17.3 Å². The third kappa shape index (κ3) is 5.30. The van der Waals surface area contributed by atoms with Gasteiger partial charge in [0.2, 0.25) is 5.89 Å². The van der Waals surface area contributed by atoms with Gasteiger partial charge in [-0.3, -0.25) is 0 Å². The molecule has 6 nitrogen and oxygen atoms in total. The van der Waals surface area contributed by atoms with Crippen molar-refractivity contribution in [1.82, 2.24) is 15.0 Å². The van der Waals surface area contributed by atoms with Crippen molar-refractivity contribution in [3.8, 4) is 0 Å². The summed E-state index contributed by atoms with van der Waals surface area (Å²) in [4.78, 5) is 18.4. The van der Waals surface area contributed by atoms with Crippen LogP contribution in [0, 0.1) is 18.7 Å². The summed E-state index contributed by atoms with van der Waals surface area (Å²) in [7, 11) is 0. The Hall–Kier alpha value is -2.44. The number of nitrogens with zero attached hydrogens (tertiary/aromatic N) is 3. The van der Waals surface area contributed by atoms with E-state index in [-0.39, 0.29) is 17.8 Å². The minimum Gasteiger partial charge on any atom is -0.444 e. The van der Waals surface area contributed by atoms with Crippen molar-refractivity contribution in [2.75, 3.05) is 13.1 Å². The first kappa shape index (κ1) is 20.3. The first-order chi connectivity index (χ1) is 13.2. The fourth-order valence-corrected chi connectivity index (χ4v) is 3.69. The molecule has 0 aliphatic carbocycles. The van der Waals surface area contributed by atoms with Gasteiger partial charge in [-0.25, -0.2) is 9.18 Å². The first-order valence-electron chi connectivity index (χ1n) is 9.74. The third-order valence-corrected chi connectivity index (χ3v) is 5.02. The van der Waals surface area contributed by atoms with Crippen molar-refractivity contribution in [3.63, 3.8) is 0 Å². The van der Waals surface area contributed by atoms with Gasteiger partial charge in [-0.05, 0) is 70.1 Å². The standard InChI is InChI=1S/C21H28FN3O3/c1-14-23-19(28-24-14)13-18(15-5-7-17(22)8-6-15)16-9-11-25(12-10-16)20(26)27-21(2,3)4/h5-8,16,18H,9-13H2,1-4H3. The molecule has 1 atom stereocenters. The second kappa shape index (κ2) is 8.29. The highest BCUT2D eigenvalue weighted by Crippen LogP contribution is 2.35. The van der Waals surface area contributed by atoms with Crippen LogP contribution in [0.5, 0.6) is 0 Å². The molecule has 1 aliphatic rings. The number of carbonyl (C=O) groups is 1. The number of aryl methyl sites for hydroxylation is 1. The molecule has 2 aromatic rings. The molecule has 1 saturated heterocycles. The first-order valence-corrected chi connectivity index (χ1v) is 9.74. The highest BCUT2D eigenvalue weighted by molar-refractivity contribution is 5.68. The summed E-state index contributed by atoms with van der Waals surface area (Å²) in [5.41, 5.74) is 0.549. The van der Waals surface area contributed by atoms with E-state index in [0.717, 1.165) is 18.4 Å². The maximum atomic E-state index is 13.4. The van der Waals surface area contributed by atoms with Crippen LogP contribution in [-0.2, 0) is 11.2 Å². The van der Waals surface area contributed by atoms with Gasteiger partial charge < -0.3 is 14.2 Å². The number of ether oxygens (including phenoxy) is 1. The van der Waals surface area contributed by atoms with Crippen LogP contribution in [0.1, 0.15) is 56.8 Å². The molecule has 1 aliphatic heterocycles. The summed E-state index contributed by atoms with van der Waals surface area (Å²) in [5, 5.41) is 3.88. The largest absolute Gasteiger partial charge is 0.444 e. The van der Waals surface area contributed by atoms with Crippen LogP contribution in [0.3, 0.4) is 0 Å². The number of piperidine rings is 1. The van der Waals surface area contributed by atoms with Crippen LogP contribution in [0.2, 0.25) is 0 Å². The molecule has 152 valence electrons. The van der Waals surface area contributed by atoms with Crippen molar-refractivity contribution in [1.29, 1.82) is 0 Å². The Balaban J connectivity index is 1.71. The van der Waals surface area contributed by atoms with Gasteiger partial charge in [0, 0.05) is 19.5 Å². The number of likely N-dealkylation sites (tertiary alicyclic amines) is 1. The van der Waals surface area contributed by atoms with Crippen LogP contribution < -0.4 is 0 Å². The second-order valence-electron chi connectivity index (χ2n) is 8.40. The molecule has 0 saturated carbocycles. The van der Waals surface area contributed by atoms with E-state index in [0.29, 0.717) is 37.1 Å². The third-order valence-electron chi connectivity index (χ3n) is 5.02. The van der Waals surface area contributed by atoms with Gasteiger partial charge in [-0.2, -0.15) is 4.98 Å². The van der Waals surface area contributed by atoms with Crippen LogP contribution in [0.25, 0.3) is 0 Å². The average Bonchev–Trinajstić information content (AvgIpc) is 3.04. The number of aromatic nitrogens is 2. The highest BCUT2D eigenvalue weighted by Gasteiger charge is 2.32. The number of halogens is 1. The van der Waals surface area contributed by atoms with E-state index >= 15 is 0 Å². The molecule has 1 aromatic heterocycles. The van der Waals surface area contributed by atoms with Gasteiger partial charge in [0.05, 0.1) is 0 Å². The zero-order chi connectivity index (χ0) is 20.3. The van der Waals surface area contributed by atoms with Crippen molar-refractivity contribution in [3.05, 3.63) is 47.4 Å². The van der Waals surface area contributed by atoms with Crippen molar-refractivity contribution >= 4 is 6.09 Å². The molecule has 0 bridgehead atoms. The highest BCUT2D eigenvalue weighted by atomic mass is 19.1. The van der Waals surface area contributed by atoms with E-state index in [4.69, 9.17) is 9.26 Å². The summed E-state index contributed by atoms with van der Waals surface area (Å²) >= 11 is 0. The molecule has 3 rings (SSSR count). The van der Waals surface area contributed by atoms with Gasteiger partial charge in [0.15, 0.2) is 5.82 Å². The molecule has 1 unspecified atom stereocenters. The van der Waals surface area contributed by atoms with E-state index in [1.54, 1.807) is 11.8 Å². The maximum absolute atomic E-state index is 13.4. The van der Waals surface area contributed by atoms with E-state index in [1.165, 1.54) is 12.1 Å². The summed E-state index contributed by atoms with van der Waals surface area (Å²) in [6.07, 6.45) is 2.02. The van der Waals surface area contributed by atoms with Crippen LogP contribution in [-0.4, -0.2) is 39.8 Å². The lowest BCUT2D eigenvalue weighted by atomic mass is 9.78. The van der Waals surface area contributed by atoms with Crippen molar-refractivity contribution < 1.29 is 18.4 Å². The number of carbonyl (C=O) groups excluding carboxylic acids is 1. The predicted molar refractivity (Wildman–Crippen MR) is 102 cm³/mol. The summed E-state index contributed by atoms with van der Waals surface area (Å²) in [6.45, 7) is 8.68. The number of hydrogen-bond donors (Lipinski definition) is 0. The monoisotopic (exact) mass is 389 g/mol. The van der Waals surface area contributed by atoms with E-state index in [2.05, 4.69) is 10.1 Å². The lowest BCUT2D eigenvalue weighted by Crippen LogP contribution is -2.42. The summed E-state index contributed by atoms with van der Waals surface area (Å²) < 4.78 is 24.2. The lowest BCUT2D eigenvalue weighted by molar-refractivity contribution is 0.0172. The van der Waals surface area contributed by atoms with E-state index < -0.39 is 5.60 Å². The Morgan fingerprint density at radius 1 is 1.29 bits per heavy atom. The quantitative estimate of drug-likeness (QED) is 0.771. The normalized spacial score (nSPS) is 16.8. The molecule has 1 aromatic carbocycles. The molecule has 0 spiro atoms. The molecular weight excluding hydrogens is 361 g/mol. The topological polar surface area (TPSA) is 68.5 Å². The minimum atomic E-state index is -0.500. The van der Waals surface area contributed by atoms with Crippen LogP contribution in [0.4, 0.5) is 9.18 Å². The van der Waals surface area contributed by atoms with Gasteiger partial charge in [-0.15, -0.1) is 0 Å². The SMILES string of the molecule is Cc1noc(CC(c2ccc(F)cc2)C2CCN(C(=O)OC(C)(C)C)CC2)n1. The average molecular weight is 389 g/mol. The molecule has 28 heavy (non-hydrogen) atoms. The van der Waals surface area contributed by atoms with Crippen LogP contribution >= 0.6 is 0 Å². The molecule has 7 heteroatoms. The maximum Gasteiger partial charge on any atom is 0.410 e. The second-order valence-corrected chi connectivity index (χ2v) is 8.40. The number of hydrogen-bond acceptors (Lipinski definition) is 5. The molecular formula is C21H28FN3O3. The van der Waals surface area contributed by atoms with E-state index in [9.17, 15) is 9.18 Å². The fourth-order valence-electron chi connectivity index (χ4n) is 3.69. The van der Waals surface area contributed by atoms with Crippen molar-refractivity contribution in [2.24, 2.45) is 5.92 Å². The molecule has 1 amide bonds. The molecule has 1 fully saturated rings. The Morgan fingerprint density at radius 2 is 1.93 bits per heavy atom. The smallest absolute Gasteiger partial charge is 0.410 e. The Kier molecular flexibility index (Phi) is 6.01. The zero-order valence-electron chi connectivity index (χ0n) is 16.9. The number of amides is 1. The molecule has 2 heterocycles.